The number of nitrogens with zero attached hydrogens (tertiary/aromatic N) is 2. The van der Waals surface area contributed by atoms with Crippen LogP contribution in [0.4, 0.5) is 15.8 Å². The number of carboxylic acid groups (broad SMARTS) is 1. The van der Waals surface area contributed by atoms with Crippen molar-refractivity contribution in [3.63, 3.8) is 0 Å². The van der Waals surface area contributed by atoms with Crippen molar-refractivity contribution >= 4 is 44.9 Å². The molecule has 3 N–H and O–H groups in total. The molecule has 0 fully saturated rings. The lowest BCUT2D eigenvalue weighted by Crippen LogP contribution is -2.15. The number of nitro groups is 1. The summed E-state index contributed by atoms with van der Waals surface area (Å²) in [5.74, 6) is -2.40. The molecule has 0 saturated carbocycles. The monoisotopic (exact) mass is 364 g/mol. The van der Waals surface area contributed by atoms with E-state index in [1.165, 1.54) is 32.0 Å². The number of thiazole rings is 1. The van der Waals surface area contributed by atoms with Gasteiger partial charge in [0.2, 0.25) is 5.91 Å². The maximum absolute atomic E-state index is 12.2. The molecule has 0 atom stereocenters. The fourth-order valence-electron chi connectivity index (χ4n) is 1.95. The Morgan fingerprint density at radius 3 is 2.48 bits per heavy atom. The number of carbonyl (C=O) groups is 3. The van der Waals surface area contributed by atoms with Crippen LogP contribution >= 0.6 is 11.3 Å². The highest BCUT2D eigenvalue weighted by Crippen LogP contribution is 2.30. The predicted octanol–water partition coefficient (Wildman–Crippen LogP) is 2.27. The maximum atomic E-state index is 12.2. The summed E-state index contributed by atoms with van der Waals surface area (Å²) in [5.41, 5.74) is 0.0242. The normalized spacial score (nSPS) is 10.2. The van der Waals surface area contributed by atoms with Gasteiger partial charge in [-0.2, -0.15) is 0 Å². The quantitative estimate of drug-likeness (QED) is 0.543. The van der Waals surface area contributed by atoms with Crippen molar-refractivity contribution in [2.75, 3.05) is 10.6 Å². The number of aryl methyl sites for hydroxylation is 1. The minimum absolute atomic E-state index is 0.0334. The molecule has 0 aliphatic carbocycles. The molecule has 130 valence electrons. The van der Waals surface area contributed by atoms with E-state index in [1.807, 2.05) is 0 Å². The number of anilines is 2. The van der Waals surface area contributed by atoms with E-state index < -0.39 is 22.7 Å². The second-order valence-corrected chi connectivity index (χ2v) is 5.85. The number of benzene rings is 1. The first-order valence-electron chi connectivity index (χ1n) is 6.77. The number of hydrogen-bond acceptors (Lipinski definition) is 7. The van der Waals surface area contributed by atoms with Crippen LogP contribution in [0.5, 0.6) is 0 Å². The van der Waals surface area contributed by atoms with Gasteiger partial charge in [-0.25, -0.2) is 9.78 Å². The van der Waals surface area contributed by atoms with Gasteiger partial charge in [0.1, 0.15) is 5.69 Å². The van der Waals surface area contributed by atoms with Crippen LogP contribution < -0.4 is 10.6 Å². The lowest BCUT2D eigenvalue weighted by Gasteiger charge is -2.09. The summed E-state index contributed by atoms with van der Waals surface area (Å²) >= 11 is 0.708. The summed E-state index contributed by atoms with van der Waals surface area (Å²) in [6.07, 6.45) is 0. The van der Waals surface area contributed by atoms with Gasteiger partial charge in [0.25, 0.3) is 5.91 Å². The number of carbonyl (C=O) groups excluding carboxylic acids is 2. The number of aromatic nitrogens is 1. The fraction of sp³-hybridized carbons (Fsp3) is 0.143. The second kappa shape index (κ2) is 7.05. The number of nitrogens with one attached hydrogen (secondary N) is 2. The molecule has 25 heavy (non-hydrogen) atoms. The van der Waals surface area contributed by atoms with E-state index >= 15 is 0 Å². The van der Waals surface area contributed by atoms with Crippen LogP contribution in [0.3, 0.4) is 0 Å². The van der Waals surface area contributed by atoms with E-state index in [1.54, 1.807) is 0 Å². The third kappa shape index (κ3) is 4.14. The van der Waals surface area contributed by atoms with Crippen LogP contribution in [-0.4, -0.2) is 32.8 Å². The number of rotatable bonds is 5. The lowest BCUT2D eigenvalue weighted by atomic mass is 10.1. The van der Waals surface area contributed by atoms with E-state index in [0.29, 0.717) is 11.3 Å². The average molecular weight is 364 g/mol. The zero-order valence-corrected chi connectivity index (χ0v) is 13.8. The Morgan fingerprint density at radius 1 is 1.28 bits per heavy atom. The molecule has 1 aromatic carbocycles. The maximum Gasteiger partial charge on any atom is 0.348 e. The summed E-state index contributed by atoms with van der Waals surface area (Å²) in [6.45, 7) is 2.65. The fourth-order valence-corrected chi connectivity index (χ4v) is 2.72. The van der Waals surface area contributed by atoms with Crippen molar-refractivity contribution in [1.29, 1.82) is 0 Å². The van der Waals surface area contributed by atoms with E-state index in [0.717, 1.165) is 0 Å². The largest absolute Gasteiger partial charge is 0.478 e. The highest BCUT2D eigenvalue weighted by Gasteiger charge is 2.20. The van der Waals surface area contributed by atoms with Crippen molar-refractivity contribution < 1.29 is 24.4 Å². The van der Waals surface area contributed by atoms with Gasteiger partial charge in [-0.05, 0) is 36.5 Å². The standard InChI is InChI=1S/C14H12N4O6S/c1-6-12(18(23)24)25-14(15-6)17-11(20)8-3-4-9(13(21)22)10(5-8)16-7(2)19/h3-5H,1-2H3,(H,16,19)(H,21,22)(H,15,17,20). The predicted molar refractivity (Wildman–Crippen MR) is 89.2 cm³/mol. The van der Waals surface area contributed by atoms with Gasteiger partial charge >= 0.3 is 11.0 Å². The lowest BCUT2D eigenvalue weighted by molar-refractivity contribution is -0.380. The first-order chi connectivity index (χ1) is 11.7. The SMILES string of the molecule is CC(=O)Nc1cc(C(=O)Nc2nc(C)c([N+](=O)[O-])s2)ccc1C(=O)O. The smallest absolute Gasteiger partial charge is 0.348 e. The van der Waals surface area contributed by atoms with Crippen LogP contribution in [-0.2, 0) is 4.79 Å². The van der Waals surface area contributed by atoms with Gasteiger partial charge in [-0.1, -0.05) is 0 Å². The van der Waals surface area contributed by atoms with E-state index in [4.69, 9.17) is 5.11 Å². The minimum atomic E-state index is -1.26. The molecular formula is C14H12N4O6S. The van der Waals surface area contributed by atoms with Crippen LogP contribution in [0.1, 0.15) is 33.3 Å². The number of hydrogen-bond donors (Lipinski definition) is 3. The van der Waals surface area contributed by atoms with Crippen LogP contribution in [0.25, 0.3) is 0 Å². The summed E-state index contributed by atoms with van der Waals surface area (Å²) in [6, 6.07) is 3.64. The van der Waals surface area contributed by atoms with Gasteiger partial charge in [0.15, 0.2) is 5.13 Å². The van der Waals surface area contributed by atoms with Crippen molar-refractivity contribution in [2.45, 2.75) is 13.8 Å². The third-order valence-electron chi connectivity index (χ3n) is 2.98. The van der Waals surface area contributed by atoms with Crippen molar-refractivity contribution in [3.05, 3.63) is 45.1 Å². The number of amides is 2. The Bertz CT molecular complexity index is 891. The summed E-state index contributed by atoms with van der Waals surface area (Å²) in [7, 11) is 0. The van der Waals surface area contributed by atoms with Crippen molar-refractivity contribution in [3.8, 4) is 0 Å². The topological polar surface area (TPSA) is 152 Å². The van der Waals surface area contributed by atoms with Crippen LogP contribution in [0.2, 0.25) is 0 Å². The molecule has 2 rings (SSSR count). The molecule has 10 nitrogen and oxygen atoms in total. The Kier molecular flexibility index (Phi) is 5.08. The first-order valence-corrected chi connectivity index (χ1v) is 7.58. The molecule has 0 saturated heterocycles. The molecule has 0 unspecified atom stereocenters. The molecule has 0 spiro atoms. The Morgan fingerprint density at radius 2 is 1.96 bits per heavy atom. The first kappa shape index (κ1) is 18.0. The van der Waals surface area contributed by atoms with Gasteiger partial charge in [-0.15, -0.1) is 0 Å². The van der Waals surface area contributed by atoms with Gasteiger partial charge in [0, 0.05) is 12.5 Å². The molecule has 0 radical (unpaired) electrons. The van der Waals surface area contributed by atoms with Crippen LogP contribution in [0.15, 0.2) is 18.2 Å². The molecule has 2 amide bonds. The van der Waals surface area contributed by atoms with E-state index in [9.17, 15) is 24.5 Å². The Hall–Kier alpha value is -3.34. The molecular weight excluding hydrogens is 352 g/mol. The van der Waals surface area contributed by atoms with Gasteiger partial charge < -0.3 is 10.4 Å². The average Bonchev–Trinajstić information content (AvgIpc) is 2.87. The Balaban J connectivity index is 2.30. The van der Waals surface area contributed by atoms with Gasteiger partial charge in [0.05, 0.1) is 16.2 Å². The third-order valence-corrected chi connectivity index (χ3v) is 4.01. The van der Waals surface area contributed by atoms with Gasteiger partial charge in [-0.3, -0.25) is 25.0 Å². The highest BCUT2D eigenvalue weighted by molar-refractivity contribution is 7.19. The molecule has 0 bridgehead atoms. The molecule has 0 aliphatic heterocycles. The number of aromatic carboxylic acids is 1. The zero-order chi connectivity index (χ0) is 18.7. The van der Waals surface area contributed by atoms with Crippen molar-refractivity contribution in [1.82, 2.24) is 4.98 Å². The Labute approximate surface area is 144 Å². The summed E-state index contributed by atoms with van der Waals surface area (Å²) in [5, 5.41) is 24.5. The number of carboxylic acids is 1. The van der Waals surface area contributed by atoms with Crippen molar-refractivity contribution in [2.24, 2.45) is 0 Å². The van der Waals surface area contributed by atoms with Crippen LogP contribution in [0, 0.1) is 17.0 Å². The molecule has 1 heterocycles. The molecule has 0 aliphatic rings. The van der Waals surface area contributed by atoms with E-state index in [2.05, 4.69) is 15.6 Å². The molecule has 11 heteroatoms. The second-order valence-electron chi connectivity index (χ2n) is 4.87. The summed E-state index contributed by atoms with van der Waals surface area (Å²) < 4.78 is 0. The molecule has 1 aromatic heterocycles. The molecule has 2 aromatic rings. The van der Waals surface area contributed by atoms with E-state index in [-0.39, 0.29) is 32.6 Å². The zero-order valence-electron chi connectivity index (χ0n) is 13.0. The summed E-state index contributed by atoms with van der Waals surface area (Å²) in [4.78, 5) is 48.7. The minimum Gasteiger partial charge on any atom is -0.478 e. The highest BCUT2D eigenvalue weighted by atomic mass is 32.1.